The molecular formula is C15H27NO2. The Morgan fingerprint density at radius 1 is 1.17 bits per heavy atom. The zero-order valence-electron chi connectivity index (χ0n) is 11.4. The summed E-state index contributed by atoms with van der Waals surface area (Å²) in [4.78, 5) is 0. The van der Waals surface area contributed by atoms with Gasteiger partial charge < -0.3 is 15.2 Å². The van der Waals surface area contributed by atoms with Gasteiger partial charge in [-0.05, 0) is 44.4 Å². The molecule has 0 spiro atoms. The van der Waals surface area contributed by atoms with E-state index in [2.05, 4.69) is 5.32 Å². The molecule has 0 bridgehead atoms. The van der Waals surface area contributed by atoms with Gasteiger partial charge in [0.25, 0.3) is 0 Å². The minimum Gasteiger partial charge on any atom is -0.394 e. The van der Waals surface area contributed by atoms with Crippen LogP contribution in [-0.2, 0) is 4.74 Å². The second-order valence-electron chi connectivity index (χ2n) is 6.68. The predicted octanol–water partition coefficient (Wildman–Crippen LogP) is 2.23. The fourth-order valence-electron chi connectivity index (χ4n) is 3.38. The van der Waals surface area contributed by atoms with E-state index in [4.69, 9.17) is 4.74 Å². The Balaban J connectivity index is 1.38. The van der Waals surface area contributed by atoms with E-state index >= 15 is 0 Å². The molecule has 3 nitrogen and oxygen atoms in total. The Hall–Kier alpha value is -0.120. The highest BCUT2D eigenvalue weighted by molar-refractivity contribution is 5.01. The van der Waals surface area contributed by atoms with Crippen molar-refractivity contribution in [3.63, 3.8) is 0 Å². The fraction of sp³-hybridized carbons (Fsp3) is 1.00. The van der Waals surface area contributed by atoms with Crippen LogP contribution in [0.4, 0.5) is 0 Å². The second-order valence-corrected chi connectivity index (χ2v) is 6.68. The normalized spacial score (nSPS) is 36.8. The van der Waals surface area contributed by atoms with E-state index in [-0.39, 0.29) is 12.1 Å². The number of ether oxygens (including phenoxy) is 1. The SMILES string of the molecule is OCC1(NC2CC2)CCC(OCCC2CCC2)C1. The van der Waals surface area contributed by atoms with Crippen molar-refractivity contribution in [2.24, 2.45) is 5.92 Å². The first kappa shape index (κ1) is 12.9. The van der Waals surface area contributed by atoms with Crippen LogP contribution in [-0.4, -0.2) is 36.0 Å². The van der Waals surface area contributed by atoms with Gasteiger partial charge in [-0.1, -0.05) is 19.3 Å². The standard InChI is InChI=1S/C15H27NO2/c17-11-15(16-13-4-5-13)8-6-14(10-15)18-9-7-12-2-1-3-12/h12-14,16-17H,1-11H2. The summed E-state index contributed by atoms with van der Waals surface area (Å²) < 4.78 is 6.02. The van der Waals surface area contributed by atoms with Crippen LogP contribution in [0, 0.1) is 5.92 Å². The molecule has 3 aliphatic carbocycles. The smallest absolute Gasteiger partial charge is 0.0614 e. The van der Waals surface area contributed by atoms with Crippen LogP contribution >= 0.6 is 0 Å². The Kier molecular flexibility index (Phi) is 3.92. The number of hydrogen-bond donors (Lipinski definition) is 2. The summed E-state index contributed by atoms with van der Waals surface area (Å²) in [6.07, 6.45) is 11.7. The van der Waals surface area contributed by atoms with Gasteiger partial charge in [0.15, 0.2) is 0 Å². The van der Waals surface area contributed by atoms with Gasteiger partial charge in [-0.15, -0.1) is 0 Å². The van der Waals surface area contributed by atoms with Crippen molar-refractivity contribution in [3.05, 3.63) is 0 Å². The molecule has 2 unspecified atom stereocenters. The molecule has 104 valence electrons. The summed E-state index contributed by atoms with van der Waals surface area (Å²) in [6.45, 7) is 1.20. The zero-order valence-corrected chi connectivity index (χ0v) is 11.4. The van der Waals surface area contributed by atoms with Crippen LogP contribution in [0.25, 0.3) is 0 Å². The van der Waals surface area contributed by atoms with Gasteiger partial charge in [0.2, 0.25) is 0 Å². The van der Waals surface area contributed by atoms with Gasteiger partial charge >= 0.3 is 0 Å². The third kappa shape index (κ3) is 3.06. The average molecular weight is 253 g/mol. The number of aliphatic hydroxyl groups is 1. The molecule has 0 saturated heterocycles. The molecule has 3 rings (SSSR count). The lowest BCUT2D eigenvalue weighted by Crippen LogP contribution is -2.48. The Bertz CT molecular complexity index is 276. The van der Waals surface area contributed by atoms with E-state index in [1.54, 1.807) is 0 Å². The minimum atomic E-state index is -0.0255. The lowest BCUT2D eigenvalue weighted by Gasteiger charge is -2.29. The third-order valence-electron chi connectivity index (χ3n) is 5.06. The van der Waals surface area contributed by atoms with Gasteiger partial charge in [-0.25, -0.2) is 0 Å². The Morgan fingerprint density at radius 2 is 2.00 bits per heavy atom. The molecule has 0 aliphatic heterocycles. The maximum atomic E-state index is 9.65. The summed E-state index contributed by atoms with van der Waals surface area (Å²) in [5.41, 5.74) is -0.0255. The van der Waals surface area contributed by atoms with Gasteiger partial charge in [0.1, 0.15) is 0 Å². The molecule has 0 heterocycles. The summed E-state index contributed by atoms with van der Waals surface area (Å²) in [5, 5.41) is 13.3. The molecule has 3 fully saturated rings. The lowest BCUT2D eigenvalue weighted by molar-refractivity contribution is 0.0330. The van der Waals surface area contributed by atoms with E-state index in [1.165, 1.54) is 38.5 Å². The van der Waals surface area contributed by atoms with E-state index in [1.807, 2.05) is 0 Å². The Morgan fingerprint density at radius 3 is 2.61 bits per heavy atom. The molecular weight excluding hydrogens is 226 g/mol. The van der Waals surface area contributed by atoms with Crippen molar-refractivity contribution in [2.45, 2.75) is 75.5 Å². The number of nitrogens with one attached hydrogen (secondary N) is 1. The number of rotatable bonds is 7. The van der Waals surface area contributed by atoms with Crippen LogP contribution < -0.4 is 5.32 Å². The van der Waals surface area contributed by atoms with Crippen LogP contribution in [0.2, 0.25) is 0 Å². The fourth-order valence-corrected chi connectivity index (χ4v) is 3.38. The van der Waals surface area contributed by atoms with E-state index in [9.17, 15) is 5.11 Å². The molecule has 0 radical (unpaired) electrons. The van der Waals surface area contributed by atoms with E-state index in [0.29, 0.717) is 12.1 Å². The molecule has 0 aromatic heterocycles. The topological polar surface area (TPSA) is 41.5 Å². The van der Waals surface area contributed by atoms with Crippen LogP contribution in [0.3, 0.4) is 0 Å². The molecule has 0 aromatic rings. The van der Waals surface area contributed by atoms with Crippen LogP contribution in [0.5, 0.6) is 0 Å². The highest BCUT2D eigenvalue weighted by atomic mass is 16.5. The quantitative estimate of drug-likeness (QED) is 0.731. The summed E-state index contributed by atoms with van der Waals surface area (Å²) >= 11 is 0. The lowest BCUT2D eigenvalue weighted by atomic mass is 9.83. The van der Waals surface area contributed by atoms with Crippen LogP contribution in [0.1, 0.15) is 57.8 Å². The molecule has 3 aliphatic rings. The Labute approximate surface area is 110 Å². The van der Waals surface area contributed by atoms with E-state index < -0.39 is 0 Å². The molecule has 2 N–H and O–H groups in total. The molecule has 3 heteroatoms. The zero-order chi connectivity index (χ0) is 12.4. The first-order valence-electron chi connectivity index (χ1n) is 7.80. The van der Waals surface area contributed by atoms with Crippen LogP contribution in [0.15, 0.2) is 0 Å². The van der Waals surface area contributed by atoms with Crippen molar-refractivity contribution < 1.29 is 9.84 Å². The van der Waals surface area contributed by atoms with Gasteiger partial charge in [-0.2, -0.15) is 0 Å². The number of aliphatic hydroxyl groups excluding tert-OH is 1. The number of hydrogen-bond acceptors (Lipinski definition) is 3. The summed E-state index contributed by atoms with van der Waals surface area (Å²) in [7, 11) is 0. The first-order valence-corrected chi connectivity index (χ1v) is 7.80. The van der Waals surface area contributed by atoms with Gasteiger partial charge in [0.05, 0.1) is 12.7 Å². The second kappa shape index (κ2) is 5.48. The van der Waals surface area contributed by atoms with Crippen molar-refractivity contribution >= 4 is 0 Å². The maximum Gasteiger partial charge on any atom is 0.0614 e. The van der Waals surface area contributed by atoms with Crippen molar-refractivity contribution in [3.8, 4) is 0 Å². The molecule has 2 atom stereocenters. The van der Waals surface area contributed by atoms with Crippen molar-refractivity contribution in [1.29, 1.82) is 0 Å². The van der Waals surface area contributed by atoms with Gasteiger partial charge in [-0.3, -0.25) is 0 Å². The molecule has 3 saturated carbocycles. The van der Waals surface area contributed by atoms with E-state index in [0.717, 1.165) is 31.8 Å². The van der Waals surface area contributed by atoms with Gasteiger partial charge in [0, 0.05) is 18.2 Å². The average Bonchev–Trinajstić information content (AvgIpc) is 3.02. The predicted molar refractivity (Wildman–Crippen MR) is 71.5 cm³/mol. The molecule has 0 aromatic carbocycles. The summed E-state index contributed by atoms with van der Waals surface area (Å²) in [6, 6.07) is 0.672. The molecule has 18 heavy (non-hydrogen) atoms. The minimum absolute atomic E-state index is 0.0255. The highest BCUT2D eigenvalue weighted by Crippen LogP contribution is 2.36. The largest absolute Gasteiger partial charge is 0.394 e. The van der Waals surface area contributed by atoms with Crippen molar-refractivity contribution in [2.75, 3.05) is 13.2 Å². The summed E-state index contributed by atoms with van der Waals surface area (Å²) in [5.74, 6) is 0.943. The van der Waals surface area contributed by atoms with Crippen molar-refractivity contribution in [1.82, 2.24) is 5.32 Å². The first-order chi connectivity index (χ1) is 8.80. The monoisotopic (exact) mass is 253 g/mol. The maximum absolute atomic E-state index is 9.65. The third-order valence-corrected chi connectivity index (χ3v) is 5.06. The molecule has 0 amide bonds. The highest BCUT2D eigenvalue weighted by Gasteiger charge is 2.42.